The van der Waals surface area contributed by atoms with E-state index in [1.807, 2.05) is 18.2 Å². The van der Waals surface area contributed by atoms with Crippen molar-refractivity contribution >= 4 is 5.69 Å². The molecule has 15 heavy (non-hydrogen) atoms. The Balaban J connectivity index is 2.22. The number of benzene rings is 1. The first kappa shape index (κ1) is 9.30. The molecule has 0 aliphatic carbocycles. The van der Waals surface area contributed by atoms with Crippen LogP contribution in [-0.2, 0) is 6.42 Å². The highest BCUT2D eigenvalue weighted by Crippen LogP contribution is 2.16. The lowest BCUT2D eigenvalue weighted by Crippen LogP contribution is -1.86. The number of aromatic nitrogens is 1. The van der Waals surface area contributed by atoms with Gasteiger partial charge in [-0.05, 0) is 17.2 Å². The van der Waals surface area contributed by atoms with Crippen LogP contribution in [0.3, 0.4) is 0 Å². The Morgan fingerprint density at radius 2 is 2.33 bits per heavy atom. The van der Waals surface area contributed by atoms with Gasteiger partial charge in [0.25, 0.3) is 0 Å². The van der Waals surface area contributed by atoms with Crippen LogP contribution in [0.4, 0.5) is 5.69 Å². The van der Waals surface area contributed by atoms with Crippen molar-refractivity contribution in [3.8, 4) is 0 Å². The summed E-state index contributed by atoms with van der Waals surface area (Å²) in [6, 6.07) is 9.19. The maximum Gasteiger partial charge on any atom is 0.124 e. The summed E-state index contributed by atoms with van der Waals surface area (Å²) in [6.45, 7) is 0. The van der Waals surface area contributed by atoms with Gasteiger partial charge in [-0.15, -0.1) is 0 Å². The molecule has 0 aliphatic rings. The highest BCUT2D eigenvalue weighted by molar-refractivity contribution is 5.40. The lowest BCUT2D eigenvalue weighted by Gasteiger charge is -1.98. The van der Waals surface area contributed by atoms with Gasteiger partial charge in [0.1, 0.15) is 6.26 Å². The third kappa shape index (κ3) is 2.36. The topological polar surface area (TPSA) is 74.8 Å². The van der Waals surface area contributed by atoms with Crippen molar-refractivity contribution in [2.24, 2.45) is 5.11 Å². The van der Waals surface area contributed by atoms with Gasteiger partial charge in [0.05, 0.1) is 5.69 Å². The first-order valence-corrected chi connectivity index (χ1v) is 4.42. The van der Waals surface area contributed by atoms with Crippen molar-refractivity contribution in [3.05, 3.63) is 58.3 Å². The molecule has 0 saturated heterocycles. The Bertz CT molecular complexity index is 486. The standard InChI is InChI=1S/C10H8N4O/c11-14-12-9-3-1-2-8(6-9)7-10-4-5-15-13-10/h1-6H,7H2. The van der Waals surface area contributed by atoms with E-state index in [0.717, 1.165) is 11.3 Å². The van der Waals surface area contributed by atoms with Crippen LogP contribution in [0.25, 0.3) is 10.4 Å². The van der Waals surface area contributed by atoms with Gasteiger partial charge < -0.3 is 4.52 Å². The summed E-state index contributed by atoms with van der Waals surface area (Å²) in [5.41, 5.74) is 10.8. The van der Waals surface area contributed by atoms with Crippen molar-refractivity contribution < 1.29 is 4.52 Å². The zero-order chi connectivity index (χ0) is 10.5. The minimum atomic E-state index is 0.610. The van der Waals surface area contributed by atoms with E-state index < -0.39 is 0 Å². The number of rotatable bonds is 3. The lowest BCUT2D eigenvalue weighted by molar-refractivity contribution is 0.413. The summed E-state index contributed by atoms with van der Waals surface area (Å²) in [4.78, 5) is 2.73. The van der Waals surface area contributed by atoms with Gasteiger partial charge in [0, 0.05) is 23.1 Å². The number of azide groups is 1. The maximum absolute atomic E-state index is 8.30. The summed E-state index contributed by atoms with van der Waals surface area (Å²) in [5.74, 6) is 0. The molecule has 1 aromatic carbocycles. The van der Waals surface area contributed by atoms with E-state index >= 15 is 0 Å². The lowest BCUT2D eigenvalue weighted by atomic mass is 10.1. The Labute approximate surface area is 86.0 Å². The average Bonchev–Trinajstić information content (AvgIpc) is 2.71. The van der Waals surface area contributed by atoms with Gasteiger partial charge in [0.2, 0.25) is 0 Å². The minimum Gasteiger partial charge on any atom is -0.365 e. The van der Waals surface area contributed by atoms with Crippen LogP contribution >= 0.6 is 0 Å². The zero-order valence-corrected chi connectivity index (χ0v) is 7.87. The van der Waals surface area contributed by atoms with Crippen molar-refractivity contribution in [1.29, 1.82) is 0 Å². The molecule has 2 aromatic rings. The molecule has 1 heterocycles. The van der Waals surface area contributed by atoms with E-state index in [1.54, 1.807) is 12.1 Å². The predicted octanol–water partition coefficient (Wildman–Crippen LogP) is 3.21. The molecule has 0 spiro atoms. The summed E-state index contributed by atoms with van der Waals surface area (Å²) in [6.07, 6.45) is 2.21. The molecule has 0 aliphatic heterocycles. The Morgan fingerprint density at radius 3 is 3.07 bits per heavy atom. The third-order valence-electron chi connectivity index (χ3n) is 1.95. The molecule has 0 saturated carbocycles. The number of hydrogen-bond donors (Lipinski definition) is 0. The zero-order valence-electron chi connectivity index (χ0n) is 7.87. The van der Waals surface area contributed by atoms with E-state index in [9.17, 15) is 0 Å². The van der Waals surface area contributed by atoms with Gasteiger partial charge in [0.15, 0.2) is 0 Å². The molecule has 0 amide bonds. The van der Waals surface area contributed by atoms with E-state index in [2.05, 4.69) is 15.2 Å². The first-order valence-electron chi connectivity index (χ1n) is 4.42. The minimum absolute atomic E-state index is 0.610. The smallest absolute Gasteiger partial charge is 0.124 e. The van der Waals surface area contributed by atoms with E-state index in [4.69, 9.17) is 10.1 Å². The van der Waals surface area contributed by atoms with Crippen molar-refractivity contribution in [1.82, 2.24) is 5.16 Å². The van der Waals surface area contributed by atoms with Gasteiger partial charge in [-0.3, -0.25) is 0 Å². The maximum atomic E-state index is 8.30. The summed E-state index contributed by atoms with van der Waals surface area (Å²) < 4.78 is 4.73. The molecule has 0 unspecified atom stereocenters. The molecule has 0 N–H and O–H groups in total. The SMILES string of the molecule is [N-]=[N+]=Nc1cccc(Cc2ccon2)c1. The van der Waals surface area contributed by atoms with Crippen molar-refractivity contribution in [2.45, 2.75) is 6.42 Å². The van der Waals surface area contributed by atoms with Gasteiger partial charge >= 0.3 is 0 Å². The van der Waals surface area contributed by atoms with E-state index in [1.165, 1.54) is 6.26 Å². The fraction of sp³-hybridized carbons (Fsp3) is 0.100. The fourth-order valence-corrected chi connectivity index (χ4v) is 1.32. The van der Waals surface area contributed by atoms with Crippen LogP contribution < -0.4 is 0 Å². The molecule has 2 rings (SSSR count). The predicted molar refractivity (Wildman–Crippen MR) is 54.6 cm³/mol. The molecule has 74 valence electrons. The Morgan fingerprint density at radius 1 is 1.40 bits per heavy atom. The summed E-state index contributed by atoms with van der Waals surface area (Å²) >= 11 is 0. The molecular formula is C10H8N4O. The molecule has 0 bridgehead atoms. The fourth-order valence-electron chi connectivity index (χ4n) is 1.32. The second-order valence-electron chi connectivity index (χ2n) is 3.03. The second kappa shape index (κ2) is 4.30. The highest BCUT2D eigenvalue weighted by Gasteiger charge is 1.99. The Hall–Kier alpha value is -2.26. The quantitative estimate of drug-likeness (QED) is 0.433. The van der Waals surface area contributed by atoms with Gasteiger partial charge in [-0.2, -0.15) is 0 Å². The molecule has 1 aromatic heterocycles. The largest absolute Gasteiger partial charge is 0.365 e. The normalized spacial score (nSPS) is 9.60. The molecule has 0 atom stereocenters. The van der Waals surface area contributed by atoms with Crippen LogP contribution in [0.15, 0.2) is 46.2 Å². The van der Waals surface area contributed by atoms with Gasteiger partial charge in [-0.1, -0.05) is 28.5 Å². The van der Waals surface area contributed by atoms with E-state index in [-0.39, 0.29) is 0 Å². The van der Waals surface area contributed by atoms with Crippen LogP contribution in [-0.4, -0.2) is 5.16 Å². The second-order valence-corrected chi connectivity index (χ2v) is 3.03. The van der Waals surface area contributed by atoms with Crippen molar-refractivity contribution in [3.63, 3.8) is 0 Å². The molecule has 5 nitrogen and oxygen atoms in total. The number of nitrogens with zero attached hydrogens (tertiary/aromatic N) is 4. The average molecular weight is 200 g/mol. The molecular weight excluding hydrogens is 192 g/mol. The molecule has 0 radical (unpaired) electrons. The van der Waals surface area contributed by atoms with Crippen molar-refractivity contribution in [2.75, 3.05) is 0 Å². The van der Waals surface area contributed by atoms with Crippen LogP contribution in [0.5, 0.6) is 0 Å². The third-order valence-corrected chi connectivity index (χ3v) is 1.95. The molecule has 0 fully saturated rings. The first-order chi connectivity index (χ1) is 7.38. The summed E-state index contributed by atoms with van der Waals surface area (Å²) in [7, 11) is 0. The van der Waals surface area contributed by atoms with Gasteiger partial charge in [-0.25, -0.2) is 0 Å². The molecule has 5 heteroatoms. The highest BCUT2D eigenvalue weighted by atomic mass is 16.5. The summed E-state index contributed by atoms with van der Waals surface area (Å²) in [5, 5.41) is 7.34. The Kier molecular flexibility index (Phi) is 2.67. The van der Waals surface area contributed by atoms with Crippen LogP contribution in [0.2, 0.25) is 0 Å². The van der Waals surface area contributed by atoms with E-state index in [0.29, 0.717) is 12.1 Å². The van der Waals surface area contributed by atoms with Crippen LogP contribution in [0, 0.1) is 0 Å². The van der Waals surface area contributed by atoms with Crippen LogP contribution in [0.1, 0.15) is 11.3 Å². The monoisotopic (exact) mass is 200 g/mol. The number of hydrogen-bond acceptors (Lipinski definition) is 3.